The number of nitrogens with zero attached hydrogens (tertiary/aromatic N) is 1. The zero-order chi connectivity index (χ0) is 16.8. The number of nitrogens with one attached hydrogen (secondary N) is 1. The van der Waals surface area contributed by atoms with E-state index in [0.717, 1.165) is 17.7 Å². The van der Waals surface area contributed by atoms with Gasteiger partial charge < -0.3 is 15.0 Å². The molecule has 1 N–H and O–H groups in total. The smallest absolute Gasteiger partial charge is 0.246 e. The summed E-state index contributed by atoms with van der Waals surface area (Å²) in [5.74, 6) is 1.11. The number of carbonyl (C=O) groups excluding carboxylic acids is 2. The highest BCUT2D eigenvalue weighted by Crippen LogP contribution is 2.26. The first-order valence-electron chi connectivity index (χ1n) is 7.60. The molecule has 1 aromatic carbocycles. The molecule has 0 saturated carbocycles. The zero-order valence-electron chi connectivity index (χ0n) is 13.7. The maximum absolute atomic E-state index is 11.9. The Morgan fingerprint density at radius 2 is 2.09 bits per heavy atom. The normalized spacial score (nSPS) is 16.3. The van der Waals surface area contributed by atoms with Crippen molar-refractivity contribution in [3.05, 3.63) is 40.9 Å². The Morgan fingerprint density at radius 1 is 1.39 bits per heavy atom. The molecule has 1 aromatic rings. The van der Waals surface area contributed by atoms with Crippen molar-refractivity contribution in [1.82, 2.24) is 10.2 Å². The summed E-state index contributed by atoms with van der Waals surface area (Å²) >= 11 is 1.39. The molecule has 5 nitrogen and oxygen atoms in total. The molecular formula is C17H22N2O3S. The minimum Gasteiger partial charge on any atom is -0.491 e. The Bertz CT molecular complexity index is 596. The van der Waals surface area contributed by atoms with E-state index in [9.17, 15) is 9.59 Å². The quantitative estimate of drug-likeness (QED) is 0.810. The lowest BCUT2D eigenvalue weighted by Crippen LogP contribution is -2.25. The molecule has 0 aromatic heterocycles. The van der Waals surface area contributed by atoms with Crippen molar-refractivity contribution in [3.8, 4) is 5.75 Å². The Balaban J connectivity index is 1.77. The number of carbonyl (C=O) groups is 2. The van der Waals surface area contributed by atoms with Crippen LogP contribution in [-0.2, 0) is 16.0 Å². The van der Waals surface area contributed by atoms with Crippen LogP contribution in [0, 0.1) is 0 Å². The zero-order valence-corrected chi connectivity index (χ0v) is 14.5. The second-order valence-corrected chi connectivity index (χ2v) is 6.57. The molecule has 0 aliphatic carbocycles. The van der Waals surface area contributed by atoms with E-state index in [0.29, 0.717) is 17.3 Å². The summed E-state index contributed by atoms with van der Waals surface area (Å²) in [4.78, 5) is 24.8. The number of hydrogen-bond donors (Lipinski definition) is 1. The molecule has 6 heteroatoms. The Kier molecular flexibility index (Phi) is 6.10. The van der Waals surface area contributed by atoms with Gasteiger partial charge in [-0.15, -0.1) is 0 Å². The van der Waals surface area contributed by atoms with Crippen LogP contribution in [0.3, 0.4) is 0 Å². The Labute approximate surface area is 141 Å². The molecule has 1 fully saturated rings. The van der Waals surface area contributed by atoms with Gasteiger partial charge in [0.2, 0.25) is 11.8 Å². The second kappa shape index (κ2) is 8.06. The van der Waals surface area contributed by atoms with E-state index < -0.39 is 0 Å². The van der Waals surface area contributed by atoms with Crippen molar-refractivity contribution in [1.29, 1.82) is 0 Å². The van der Waals surface area contributed by atoms with Crippen LogP contribution in [0.15, 0.2) is 35.4 Å². The summed E-state index contributed by atoms with van der Waals surface area (Å²) < 4.78 is 5.59. The first-order valence-corrected chi connectivity index (χ1v) is 8.58. The summed E-state index contributed by atoms with van der Waals surface area (Å²) in [5.41, 5.74) is 1.14. The summed E-state index contributed by atoms with van der Waals surface area (Å²) in [6.45, 7) is 4.53. The molecule has 0 unspecified atom stereocenters. The molecule has 1 heterocycles. The molecule has 1 aliphatic heterocycles. The summed E-state index contributed by atoms with van der Waals surface area (Å²) in [6.07, 6.45) is 2.39. The topological polar surface area (TPSA) is 58.6 Å². The second-order valence-electron chi connectivity index (χ2n) is 5.58. The number of thioether (sulfide) groups is 1. The van der Waals surface area contributed by atoms with Crippen molar-refractivity contribution < 1.29 is 14.3 Å². The molecule has 0 bridgehead atoms. The molecular weight excluding hydrogens is 312 g/mol. The van der Waals surface area contributed by atoms with Crippen LogP contribution in [0.25, 0.3) is 0 Å². The summed E-state index contributed by atoms with van der Waals surface area (Å²) in [5, 5.41) is 3.54. The van der Waals surface area contributed by atoms with Gasteiger partial charge >= 0.3 is 0 Å². The lowest BCUT2D eigenvalue weighted by atomic mass is 10.1. The largest absolute Gasteiger partial charge is 0.491 e. The van der Waals surface area contributed by atoms with Gasteiger partial charge in [0, 0.05) is 19.7 Å². The highest BCUT2D eigenvalue weighted by molar-refractivity contribution is 8.04. The fourth-order valence-corrected chi connectivity index (χ4v) is 3.04. The van der Waals surface area contributed by atoms with Gasteiger partial charge in [0.1, 0.15) is 5.75 Å². The van der Waals surface area contributed by atoms with Crippen molar-refractivity contribution in [3.63, 3.8) is 0 Å². The van der Waals surface area contributed by atoms with Gasteiger partial charge in [-0.25, -0.2) is 0 Å². The third-order valence-electron chi connectivity index (χ3n) is 3.31. The summed E-state index contributed by atoms with van der Waals surface area (Å²) in [6, 6.07) is 7.88. The number of rotatable bonds is 6. The molecule has 124 valence electrons. The number of hydrogen-bond acceptors (Lipinski definition) is 4. The maximum atomic E-state index is 11.9. The molecule has 1 aliphatic rings. The predicted octanol–water partition coefficient (Wildman–Crippen LogP) is 2.18. The average Bonchev–Trinajstić information content (AvgIpc) is 2.80. The van der Waals surface area contributed by atoms with Crippen LogP contribution >= 0.6 is 11.8 Å². The van der Waals surface area contributed by atoms with Crippen LogP contribution in [0.1, 0.15) is 19.4 Å². The van der Waals surface area contributed by atoms with E-state index in [1.165, 1.54) is 22.7 Å². The van der Waals surface area contributed by atoms with Gasteiger partial charge in [-0.3, -0.25) is 9.59 Å². The van der Waals surface area contributed by atoms with Gasteiger partial charge in [-0.1, -0.05) is 23.9 Å². The molecule has 0 spiro atoms. The Morgan fingerprint density at radius 3 is 2.65 bits per heavy atom. The molecule has 0 radical (unpaired) electrons. The monoisotopic (exact) mass is 334 g/mol. The lowest BCUT2D eigenvalue weighted by molar-refractivity contribution is -0.124. The van der Waals surface area contributed by atoms with E-state index in [-0.39, 0.29) is 17.9 Å². The predicted molar refractivity (Wildman–Crippen MR) is 92.2 cm³/mol. The van der Waals surface area contributed by atoms with Crippen LogP contribution in [0.4, 0.5) is 0 Å². The highest BCUT2D eigenvalue weighted by atomic mass is 32.2. The molecule has 23 heavy (non-hydrogen) atoms. The number of ether oxygens (including phenoxy) is 1. The SMILES string of the molecule is CC(C)Oc1ccc(CCNC(=O)C=C2SCC(=O)N2C)cc1. The van der Waals surface area contributed by atoms with E-state index in [1.807, 2.05) is 38.1 Å². The van der Waals surface area contributed by atoms with Crippen LogP contribution < -0.4 is 10.1 Å². The van der Waals surface area contributed by atoms with E-state index in [1.54, 1.807) is 7.05 Å². The molecule has 2 rings (SSSR count). The minimum atomic E-state index is -0.172. The number of benzene rings is 1. The fourth-order valence-electron chi connectivity index (χ4n) is 2.09. The number of amides is 2. The van der Waals surface area contributed by atoms with Gasteiger partial charge in [0.15, 0.2) is 0 Å². The van der Waals surface area contributed by atoms with Gasteiger partial charge in [-0.2, -0.15) is 0 Å². The Hall–Kier alpha value is -1.95. The standard InChI is InChI=1S/C17H22N2O3S/c1-12(2)22-14-6-4-13(5-7-14)8-9-18-15(20)10-17-19(3)16(21)11-23-17/h4-7,10,12H,8-9,11H2,1-3H3,(H,18,20). The minimum absolute atomic E-state index is 0.0257. The van der Waals surface area contributed by atoms with E-state index >= 15 is 0 Å². The first kappa shape index (κ1) is 17.4. The van der Waals surface area contributed by atoms with E-state index in [2.05, 4.69) is 5.32 Å². The molecule has 1 saturated heterocycles. The van der Waals surface area contributed by atoms with E-state index in [4.69, 9.17) is 4.74 Å². The van der Waals surface area contributed by atoms with Crippen LogP contribution in [0.5, 0.6) is 5.75 Å². The van der Waals surface area contributed by atoms with Crippen molar-refractivity contribution >= 4 is 23.6 Å². The third-order valence-corrected chi connectivity index (χ3v) is 4.39. The lowest BCUT2D eigenvalue weighted by Gasteiger charge is -2.10. The van der Waals surface area contributed by atoms with Crippen molar-refractivity contribution in [2.24, 2.45) is 0 Å². The van der Waals surface area contributed by atoms with Crippen molar-refractivity contribution in [2.45, 2.75) is 26.4 Å². The highest BCUT2D eigenvalue weighted by Gasteiger charge is 2.23. The van der Waals surface area contributed by atoms with Gasteiger partial charge in [-0.05, 0) is 38.0 Å². The maximum Gasteiger partial charge on any atom is 0.246 e. The third kappa shape index (κ3) is 5.32. The van der Waals surface area contributed by atoms with Crippen LogP contribution in [-0.4, -0.2) is 42.2 Å². The van der Waals surface area contributed by atoms with Gasteiger partial charge in [0.25, 0.3) is 0 Å². The van der Waals surface area contributed by atoms with Crippen LogP contribution in [0.2, 0.25) is 0 Å². The summed E-state index contributed by atoms with van der Waals surface area (Å²) in [7, 11) is 1.68. The molecule has 0 atom stereocenters. The average molecular weight is 334 g/mol. The first-order chi connectivity index (χ1) is 11.0. The van der Waals surface area contributed by atoms with Crippen molar-refractivity contribution in [2.75, 3.05) is 19.3 Å². The fraction of sp³-hybridized carbons (Fsp3) is 0.412. The molecule has 2 amide bonds. The van der Waals surface area contributed by atoms with Gasteiger partial charge in [0.05, 0.1) is 16.9 Å².